The van der Waals surface area contributed by atoms with E-state index < -0.39 is 0 Å². The van der Waals surface area contributed by atoms with Crippen molar-refractivity contribution in [3.63, 3.8) is 0 Å². The third-order valence-corrected chi connectivity index (χ3v) is 8.34. The van der Waals surface area contributed by atoms with Crippen LogP contribution in [0.25, 0.3) is 10.9 Å². The van der Waals surface area contributed by atoms with Gasteiger partial charge in [0, 0.05) is 36.6 Å². The number of benzene rings is 3. The summed E-state index contributed by atoms with van der Waals surface area (Å²) in [5.41, 5.74) is 4.13. The molecule has 42 heavy (non-hydrogen) atoms. The van der Waals surface area contributed by atoms with E-state index in [1.165, 1.54) is 6.07 Å². The van der Waals surface area contributed by atoms with Crippen molar-refractivity contribution in [1.82, 2.24) is 9.88 Å². The second-order valence-electron chi connectivity index (χ2n) is 11.1. The van der Waals surface area contributed by atoms with Crippen molar-refractivity contribution < 1.29 is 18.7 Å². The first-order valence-electron chi connectivity index (χ1n) is 14.7. The highest BCUT2D eigenvalue weighted by Crippen LogP contribution is 2.30. The summed E-state index contributed by atoms with van der Waals surface area (Å²) >= 11 is 0. The normalized spacial score (nSPS) is 16.5. The largest absolute Gasteiger partial charge is 0.497 e. The van der Waals surface area contributed by atoms with Crippen LogP contribution in [-0.2, 0) is 22.6 Å². The Hall–Kier alpha value is -4.01. The van der Waals surface area contributed by atoms with Crippen molar-refractivity contribution in [3.05, 3.63) is 95.9 Å². The minimum absolute atomic E-state index is 0.0350. The lowest BCUT2D eigenvalue weighted by atomic mass is 9.94. The molecule has 2 aliphatic heterocycles. The van der Waals surface area contributed by atoms with Crippen molar-refractivity contribution in [2.45, 2.75) is 25.9 Å². The SMILES string of the molecule is COc1ccc(CN(C(=O)C2CCN(Cc3ccc4ccccc4n3)CC2)c2ccc(N3CCOCC3)c(F)c2)cc1. The van der Waals surface area contributed by atoms with E-state index in [2.05, 4.69) is 23.1 Å². The smallest absolute Gasteiger partial charge is 0.230 e. The summed E-state index contributed by atoms with van der Waals surface area (Å²) in [7, 11) is 1.63. The predicted octanol–water partition coefficient (Wildman–Crippen LogP) is 5.66. The molecule has 0 unspecified atom stereocenters. The highest BCUT2D eigenvalue weighted by Gasteiger charge is 2.30. The van der Waals surface area contributed by atoms with Gasteiger partial charge >= 0.3 is 0 Å². The van der Waals surface area contributed by atoms with Gasteiger partial charge in [0.15, 0.2) is 0 Å². The van der Waals surface area contributed by atoms with Crippen molar-refractivity contribution in [2.75, 3.05) is 56.3 Å². The van der Waals surface area contributed by atoms with Crippen LogP contribution in [0.1, 0.15) is 24.1 Å². The van der Waals surface area contributed by atoms with E-state index in [0.717, 1.165) is 60.4 Å². The second-order valence-corrected chi connectivity index (χ2v) is 11.1. The zero-order chi connectivity index (χ0) is 28.9. The summed E-state index contributed by atoms with van der Waals surface area (Å²) in [6, 6.07) is 25.2. The molecule has 0 saturated carbocycles. The number of piperidine rings is 1. The molecule has 6 rings (SSSR count). The third-order valence-electron chi connectivity index (χ3n) is 8.34. The minimum Gasteiger partial charge on any atom is -0.497 e. The number of aromatic nitrogens is 1. The summed E-state index contributed by atoms with van der Waals surface area (Å²) in [4.78, 5) is 25.0. The van der Waals surface area contributed by atoms with E-state index in [1.54, 1.807) is 18.1 Å². The van der Waals surface area contributed by atoms with Crippen LogP contribution in [0.3, 0.4) is 0 Å². The van der Waals surface area contributed by atoms with Crippen molar-refractivity contribution in [1.29, 1.82) is 0 Å². The second kappa shape index (κ2) is 12.9. The number of amides is 1. The Bertz CT molecular complexity index is 1520. The summed E-state index contributed by atoms with van der Waals surface area (Å²) in [5, 5.41) is 1.14. The number of fused-ring (bicyclic) bond motifs is 1. The van der Waals surface area contributed by atoms with E-state index in [9.17, 15) is 4.79 Å². The van der Waals surface area contributed by atoms with Gasteiger partial charge in [-0.05, 0) is 74.0 Å². The predicted molar refractivity (Wildman–Crippen MR) is 163 cm³/mol. The van der Waals surface area contributed by atoms with Gasteiger partial charge < -0.3 is 19.3 Å². The van der Waals surface area contributed by atoms with E-state index in [-0.39, 0.29) is 17.6 Å². The van der Waals surface area contributed by atoms with Gasteiger partial charge in [0.2, 0.25) is 5.91 Å². The topological polar surface area (TPSA) is 58.1 Å². The number of hydrogen-bond donors (Lipinski definition) is 0. The molecule has 1 amide bonds. The maximum atomic E-state index is 15.4. The Morgan fingerprint density at radius 3 is 2.48 bits per heavy atom. The third kappa shape index (κ3) is 6.40. The Morgan fingerprint density at radius 1 is 0.976 bits per heavy atom. The lowest BCUT2D eigenvalue weighted by Crippen LogP contribution is -2.42. The average molecular weight is 569 g/mol. The van der Waals surface area contributed by atoms with Crippen molar-refractivity contribution >= 4 is 28.2 Å². The van der Waals surface area contributed by atoms with Gasteiger partial charge in [0.1, 0.15) is 11.6 Å². The molecule has 0 bridgehead atoms. The van der Waals surface area contributed by atoms with Gasteiger partial charge in [-0.1, -0.05) is 36.4 Å². The molecule has 218 valence electrons. The lowest BCUT2D eigenvalue weighted by molar-refractivity contribution is -0.124. The number of halogens is 1. The quantitative estimate of drug-likeness (QED) is 0.273. The highest BCUT2D eigenvalue weighted by atomic mass is 19.1. The first kappa shape index (κ1) is 28.1. The molecule has 3 aromatic carbocycles. The fraction of sp³-hybridized carbons (Fsp3) is 0.353. The highest BCUT2D eigenvalue weighted by molar-refractivity contribution is 5.95. The van der Waals surface area contributed by atoms with Crippen LogP contribution in [0, 0.1) is 11.7 Å². The number of morpholine rings is 1. The fourth-order valence-corrected chi connectivity index (χ4v) is 5.92. The number of hydrogen-bond acceptors (Lipinski definition) is 6. The fourth-order valence-electron chi connectivity index (χ4n) is 5.92. The average Bonchev–Trinajstić information content (AvgIpc) is 3.04. The number of methoxy groups -OCH3 is 1. The zero-order valence-electron chi connectivity index (χ0n) is 24.0. The Kier molecular flexibility index (Phi) is 8.63. The molecule has 4 aromatic rings. The number of pyridine rings is 1. The van der Waals surface area contributed by atoms with Gasteiger partial charge in [-0.2, -0.15) is 0 Å². The number of para-hydroxylation sites is 1. The van der Waals surface area contributed by atoms with Crippen LogP contribution in [0.4, 0.5) is 15.8 Å². The van der Waals surface area contributed by atoms with E-state index >= 15 is 4.39 Å². The molecule has 1 aromatic heterocycles. The van der Waals surface area contributed by atoms with Crippen LogP contribution >= 0.6 is 0 Å². The first-order valence-corrected chi connectivity index (χ1v) is 14.7. The van der Waals surface area contributed by atoms with E-state index in [1.807, 2.05) is 53.4 Å². The molecule has 3 heterocycles. The van der Waals surface area contributed by atoms with Crippen LogP contribution in [0.5, 0.6) is 5.75 Å². The summed E-state index contributed by atoms with van der Waals surface area (Å²) in [6.45, 7) is 5.21. The molecule has 0 spiro atoms. The minimum atomic E-state index is -0.320. The standard InChI is InChI=1S/C34H37FN4O3/c1-41-30-11-6-25(7-12-30)23-39(29-10-13-33(31(35)22-29)38-18-20-42-21-19-38)34(40)27-14-16-37(17-15-27)24-28-9-8-26-4-2-3-5-32(26)36-28/h2-13,22,27H,14-21,23-24H2,1H3. The van der Waals surface area contributed by atoms with Crippen LogP contribution in [0.15, 0.2) is 78.9 Å². The van der Waals surface area contributed by atoms with Crippen LogP contribution < -0.4 is 14.5 Å². The number of nitrogens with zero attached hydrogens (tertiary/aromatic N) is 4. The van der Waals surface area contributed by atoms with Gasteiger partial charge in [0.05, 0.1) is 43.8 Å². The molecule has 2 fully saturated rings. The zero-order valence-corrected chi connectivity index (χ0v) is 24.0. The Balaban J connectivity index is 1.17. The van der Waals surface area contributed by atoms with Crippen LogP contribution in [-0.4, -0.2) is 62.3 Å². The number of carbonyl (C=O) groups excluding carboxylic acids is 1. The number of anilines is 2. The summed E-state index contributed by atoms with van der Waals surface area (Å²) < 4.78 is 26.2. The van der Waals surface area contributed by atoms with E-state index in [0.29, 0.717) is 44.2 Å². The molecule has 0 atom stereocenters. The first-order chi connectivity index (χ1) is 20.6. The molecule has 2 saturated heterocycles. The molecule has 0 aliphatic carbocycles. The van der Waals surface area contributed by atoms with Crippen LogP contribution in [0.2, 0.25) is 0 Å². The number of carbonyl (C=O) groups is 1. The molecule has 2 aliphatic rings. The Labute approximate surface area is 246 Å². The van der Waals surface area contributed by atoms with E-state index in [4.69, 9.17) is 14.5 Å². The maximum absolute atomic E-state index is 15.4. The van der Waals surface area contributed by atoms with Gasteiger partial charge in [0.25, 0.3) is 0 Å². The lowest BCUT2D eigenvalue weighted by Gasteiger charge is -2.34. The summed E-state index contributed by atoms with van der Waals surface area (Å²) in [5.74, 6) is 0.337. The maximum Gasteiger partial charge on any atom is 0.230 e. The molecule has 7 nitrogen and oxygen atoms in total. The molecule has 0 radical (unpaired) electrons. The molecule has 8 heteroatoms. The van der Waals surface area contributed by atoms with Gasteiger partial charge in [-0.25, -0.2) is 4.39 Å². The monoisotopic (exact) mass is 568 g/mol. The Morgan fingerprint density at radius 2 is 1.74 bits per heavy atom. The van der Waals surface area contributed by atoms with Crippen molar-refractivity contribution in [3.8, 4) is 5.75 Å². The number of likely N-dealkylation sites (tertiary alicyclic amines) is 1. The molecule has 0 N–H and O–H groups in total. The number of rotatable bonds is 8. The van der Waals surface area contributed by atoms with Crippen molar-refractivity contribution in [2.24, 2.45) is 5.92 Å². The molecular formula is C34H37FN4O3. The van der Waals surface area contributed by atoms with Gasteiger partial charge in [-0.3, -0.25) is 14.7 Å². The molecular weight excluding hydrogens is 531 g/mol. The van der Waals surface area contributed by atoms with Gasteiger partial charge in [-0.15, -0.1) is 0 Å². The summed E-state index contributed by atoms with van der Waals surface area (Å²) in [6.07, 6.45) is 1.50. The number of ether oxygens (including phenoxy) is 2.